The molecule has 3 heterocycles. The molecular weight excluding hydrogens is 524 g/mol. The summed E-state index contributed by atoms with van der Waals surface area (Å²) in [6.07, 6.45) is 1.07. The maximum atomic E-state index is 5.63. The third-order valence-corrected chi connectivity index (χ3v) is 7.56. The van der Waals surface area contributed by atoms with Crippen molar-refractivity contribution >= 4 is 21.8 Å². The summed E-state index contributed by atoms with van der Waals surface area (Å²) >= 11 is 0. The zero-order chi connectivity index (χ0) is 28.9. The highest BCUT2D eigenvalue weighted by molar-refractivity contribution is 5.91. The van der Waals surface area contributed by atoms with Gasteiger partial charge in [0.1, 0.15) is 0 Å². The van der Waals surface area contributed by atoms with Crippen LogP contribution in [0.25, 0.3) is 21.8 Å². The molecule has 0 unspecified atom stereocenters. The normalized spacial score (nSPS) is 14.6. The first kappa shape index (κ1) is 28.5. The molecule has 0 bridgehead atoms. The smallest absolute Gasteiger partial charge is 0.204 e. The first-order chi connectivity index (χ1) is 20.0. The Labute approximate surface area is 240 Å². The van der Waals surface area contributed by atoms with Crippen LogP contribution in [-0.2, 0) is 13.1 Å². The van der Waals surface area contributed by atoms with Gasteiger partial charge in [-0.15, -0.1) is 0 Å². The van der Waals surface area contributed by atoms with Crippen LogP contribution >= 0.6 is 0 Å². The van der Waals surface area contributed by atoms with Crippen molar-refractivity contribution in [3.63, 3.8) is 0 Å². The van der Waals surface area contributed by atoms with Crippen molar-refractivity contribution in [3.8, 4) is 34.5 Å². The topological polar surface area (TPSA) is 87.6 Å². The first-order valence-electron chi connectivity index (χ1n) is 13.6. The number of fused-ring (bicyclic) bond motifs is 2. The molecule has 2 aromatic carbocycles. The van der Waals surface area contributed by atoms with Crippen LogP contribution in [0, 0.1) is 0 Å². The summed E-state index contributed by atoms with van der Waals surface area (Å²) in [5, 5.41) is 1.79. The monoisotopic (exact) mass is 562 g/mol. The third-order valence-electron chi connectivity index (χ3n) is 7.56. The Balaban J connectivity index is 1.28. The van der Waals surface area contributed by atoms with Crippen molar-refractivity contribution in [2.45, 2.75) is 19.5 Å². The lowest BCUT2D eigenvalue weighted by Gasteiger charge is -2.22. The van der Waals surface area contributed by atoms with E-state index >= 15 is 0 Å². The number of rotatable bonds is 10. The number of nitrogens with zero attached hydrogens (tertiary/aromatic N) is 4. The second-order valence-corrected chi connectivity index (χ2v) is 9.94. The van der Waals surface area contributed by atoms with E-state index in [0.29, 0.717) is 34.5 Å². The van der Waals surface area contributed by atoms with E-state index in [0.717, 1.165) is 78.9 Å². The van der Waals surface area contributed by atoms with Crippen molar-refractivity contribution in [2.75, 3.05) is 68.8 Å². The number of hydrogen-bond donors (Lipinski definition) is 0. The summed E-state index contributed by atoms with van der Waals surface area (Å²) < 4.78 is 33.4. The molecule has 10 nitrogen and oxygen atoms in total. The fourth-order valence-electron chi connectivity index (χ4n) is 5.56. The van der Waals surface area contributed by atoms with Crippen LogP contribution in [0.4, 0.5) is 0 Å². The Bertz CT molecular complexity index is 1420. The van der Waals surface area contributed by atoms with Gasteiger partial charge in [-0.3, -0.25) is 19.8 Å². The molecule has 218 valence electrons. The van der Waals surface area contributed by atoms with Gasteiger partial charge in [-0.1, -0.05) is 0 Å². The van der Waals surface area contributed by atoms with Crippen LogP contribution in [0.3, 0.4) is 0 Å². The van der Waals surface area contributed by atoms with E-state index in [1.54, 1.807) is 42.7 Å². The predicted molar refractivity (Wildman–Crippen MR) is 158 cm³/mol. The number of hydrogen-bond acceptors (Lipinski definition) is 10. The van der Waals surface area contributed by atoms with E-state index in [1.807, 2.05) is 24.3 Å². The highest BCUT2D eigenvalue weighted by Gasteiger charge is 2.21. The minimum atomic E-state index is 0.573. The van der Waals surface area contributed by atoms with E-state index in [-0.39, 0.29) is 0 Å². The summed E-state index contributed by atoms with van der Waals surface area (Å²) in [7, 11) is 9.72. The highest BCUT2D eigenvalue weighted by atomic mass is 16.5. The number of ether oxygens (including phenoxy) is 6. The molecule has 0 N–H and O–H groups in total. The van der Waals surface area contributed by atoms with E-state index in [1.165, 1.54) is 0 Å². The minimum Gasteiger partial charge on any atom is -0.493 e. The van der Waals surface area contributed by atoms with Crippen LogP contribution in [0.2, 0.25) is 0 Å². The van der Waals surface area contributed by atoms with Gasteiger partial charge in [0.25, 0.3) is 0 Å². The van der Waals surface area contributed by atoms with Crippen LogP contribution in [0.1, 0.15) is 17.8 Å². The van der Waals surface area contributed by atoms with Gasteiger partial charge in [-0.2, -0.15) is 0 Å². The standard InChI is InChI=1S/C31H38N4O6/c1-36-26-16-24-22(28(38-3)30(26)40-5)10-8-20(32-24)18-34-12-7-13-35(15-14-34)19-21-9-11-23-25(33-21)17-27(37-2)31(41-6)29(23)39-4/h8-11,16-17H,7,12-15,18-19H2,1-6H3. The van der Waals surface area contributed by atoms with Crippen molar-refractivity contribution in [1.82, 2.24) is 19.8 Å². The Kier molecular flexibility index (Phi) is 8.80. The molecule has 1 aliphatic rings. The fourth-order valence-corrected chi connectivity index (χ4v) is 5.56. The quantitative estimate of drug-likeness (QED) is 0.275. The number of pyridine rings is 2. The molecule has 1 aliphatic heterocycles. The van der Waals surface area contributed by atoms with Crippen LogP contribution in [0.5, 0.6) is 34.5 Å². The van der Waals surface area contributed by atoms with Crippen molar-refractivity contribution in [3.05, 3.63) is 47.8 Å². The molecule has 1 saturated heterocycles. The van der Waals surface area contributed by atoms with E-state index < -0.39 is 0 Å². The number of aromatic nitrogens is 2. The molecule has 5 rings (SSSR count). The Hall–Kier alpha value is -4.02. The second-order valence-electron chi connectivity index (χ2n) is 9.94. The fraction of sp³-hybridized carbons (Fsp3) is 0.419. The molecule has 0 amide bonds. The van der Waals surface area contributed by atoms with E-state index in [4.69, 9.17) is 38.4 Å². The van der Waals surface area contributed by atoms with Gasteiger partial charge in [0.15, 0.2) is 23.0 Å². The first-order valence-corrected chi connectivity index (χ1v) is 13.6. The SMILES string of the molecule is COc1cc2nc(CN3CCCN(Cc4ccc5c(OC)c(OC)c(OC)cc5n4)CC3)ccc2c(OC)c1OC. The molecule has 2 aromatic heterocycles. The molecule has 0 aliphatic carbocycles. The van der Waals surface area contributed by atoms with Gasteiger partial charge in [-0.05, 0) is 43.8 Å². The lowest BCUT2D eigenvalue weighted by atomic mass is 10.1. The van der Waals surface area contributed by atoms with Gasteiger partial charge in [-0.25, -0.2) is 0 Å². The van der Waals surface area contributed by atoms with Crippen LogP contribution < -0.4 is 28.4 Å². The molecule has 0 atom stereocenters. The van der Waals surface area contributed by atoms with Crippen LogP contribution in [-0.4, -0.2) is 88.6 Å². The molecule has 0 saturated carbocycles. The predicted octanol–water partition coefficient (Wildman–Crippen LogP) is 4.54. The van der Waals surface area contributed by atoms with E-state index in [9.17, 15) is 0 Å². The Morgan fingerprint density at radius 3 is 1.32 bits per heavy atom. The molecule has 4 aromatic rings. The van der Waals surface area contributed by atoms with Gasteiger partial charge in [0.05, 0.1) is 65.1 Å². The molecule has 41 heavy (non-hydrogen) atoms. The highest BCUT2D eigenvalue weighted by Crippen LogP contribution is 2.44. The maximum absolute atomic E-state index is 5.63. The van der Waals surface area contributed by atoms with E-state index in [2.05, 4.69) is 21.9 Å². The summed E-state index contributed by atoms with van der Waals surface area (Å²) in [6.45, 7) is 5.45. The summed E-state index contributed by atoms with van der Waals surface area (Å²) in [4.78, 5) is 14.8. The average Bonchev–Trinajstić information content (AvgIpc) is 3.23. The minimum absolute atomic E-state index is 0.573. The van der Waals surface area contributed by atoms with Gasteiger partial charge < -0.3 is 28.4 Å². The van der Waals surface area contributed by atoms with Crippen molar-refractivity contribution in [2.24, 2.45) is 0 Å². The summed E-state index contributed by atoms with van der Waals surface area (Å²) in [5.74, 6) is 3.61. The summed E-state index contributed by atoms with van der Waals surface area (Å²) in [6, 6.07) is 12.0. The van der Waals surface area contributed by atoms with Crippen molar-refractivity contribution < 1.29 is 28.4 Å². The number of benzene rings is 2. The summed E-state index contributed by atoms with van der Waals surface area (Å²) in [5.41, 5.74) is 3.66. The molecule has 0 radical (unpaired) electrons. The lowest BCUT2D eigenvalue weighted by Crippen LogP contribution is -2.30. The molecule has 0 spiro atoms. The van der Waals surface area contributed by atoms with Gasteiger partial charge in [0, 0.05) is 49.1 Å². The Morgan fingerprint density at radius 1 is 0.537 bits per heavy atom. The van der Waals surface area contributed by atoms with Gasteiger partial charge >= 0.3 is 0 Å². The van der Waals surface area contributed by atoms with Gasteiger partial charge in [0.2, 0.25) is 11.5 Å². The van der Waals surface area contributed by atoms with Crippen LogP contribution in [0.15, 0.2) is 36.4 Å². The number of methoxy groups -OCH3 is 6. The largest absolute Gasteiger partial charge is 0.493 e. The second kappa shape index (κ2) is 12.7. The Morgan fingerprint density at radius 2 is 0.951 bits per heavy atom. The molecule has 10 heteroatoms. The molecular formula is C31H38N4O6. The third kappa shape index (κ3) is 5.75. The maximum Gasteiger partial charge on any atom is 0.204 e. The zero-order valence-corrected chi connectivity index (χ0v) is 24.7. The average molecular weight is 563 g/mol. The zero-order valence-electron chi connectivity index (χ0n) is 24.7. The molecule has 1 fully saturated rings. The lowest BCUT2D eigenvalue weighted by molar-refractivity contribution is 0.244. The van der Waals surface area contributed by atoms with Crippen molar-refractivity contribution in [1.29, 1.82) is 0 Å².